The van der Waals surface area contributed by atoms with Crippen molar-refractivity contribution in [2.75, 3.05) is 39.0 Å². The lowest BCUT2D eigenvalue weighted by Crippen LogP contribution is -2.49. The van der Waals surface area contributed by atoms with E-state index in [1.807, 2.05) is 6.20 Å². The maximum atomic E-state index is 6.02. The monoisotopic (exact) mass is 392 g/mol. The smallest absolute Gasteiger partial charge is 0.150 e. The molecule has 7 heteroatoms. The van der Waals surface area contributed by atoms with E-state index in [1.54, 1.807) is 6.20 Å². The molecule has 0 unspecified atom stereocenters. The molecule has 2 aliphatic rings. The van der Waals surface area contributed by atoms with Crippen molar-refractivity contribution >= 4 is 27.3 Å². The Kier molecular flexibility index (Phi) is 4.49. The second-order valence-electron chi connectivity index (χ2n) is 7.14. The van der Waals surface area contributed by atoms with Crippen LogP contribution in [0.2, 0.25) is 0 Å². The highest BCUT2D eigenvalue weighted by Crippen LogP contribution is 2.36. The number of likely N-dealkylation sites (N-methyl/N-ethyl adjacent to an activating group) is 1. The highest BCUT2D eigenvalue weighted by molar-refractivity contribution is 9.10. The Bertz CT molecular complexity index is 713. The Labute approximate surface area is 151 Å². The van der Waals surface area contributed by atoms with Gasteiger partial charge in [-0.05, 0) is 48.7 Å². The molecule has 0 radical (unpaired) electrons. The van der Waals surface area contributed by atoms with Crippen molar-refractivity contribution in [2.45, 2.75) is 37.6 Å². The normalized spacial score (nSPS) is 26.9. The third-order valence-electron chi connectivity index (χ3n) is 5.68. The van der Waals surface area contributed by atoms with E-state index in [-0.39, 0.29) is 0 Å². The van der Waals surface area contributed by atoms with Crippen molar-refractivity contribution in [3.8, 4) is 0 Å². The van der Waals surface area contributed by atoms with Gasteiger partial charge in [0.1, 0.15) is 15.9 Å². The van der Waals surface area contributed by atoms with Crippen molar-refractivity contribution in [1.82, 2.24) is 24.2 Å². The van der Waals surface area contributed by atoms with Crippen molar-refractivity contribution in [2.24, 2.45) is 0 Å². The number of hydrogen-bond donors (Lipinski definition) is 1. The molecule has 0 bridgehead atoms. The average molecular weight is 393 g/mol. The number of hydrogen-bond acceptors (Lipinski definition) is 5. The number of imidazole rings is 1. The zero-order chi connectivity index (χ0) is 16.7. The minimum absolute atomic E-state index is 0.509. The largest absolute Gasteiger partial charge is 0.382 e. The molecular weight excluding hydrogens is 368 g/mol. The van der Waals surface area contributed by atoms with Gasteiger partial charge in [-0.2, -0.15) is 0 Å². The Hall–Kier alpha value is -1.18. The third kappa shape index (κ3) is 2.93. The summed E-state index contributed by atoms with van der Waals surface area (Å²) in [6, 6.07) is 0.747. The van der Waals surface area contributed by atoms with Gasteiger partial charge in [0, 0.05) is 50.5 Å². The molecule has 0 spiro atoms. The fourth-order valence-electron chi connectivity index (χ4n) is 4.22. The molecule has 2 aromatic heterocycles. The van der Waals surface area contributed by atoms with Gasteiger partial charge in [0.05, 0.1) is 0 Å². The van der Waals surface area contributed by atoms with Crippen molar-refractivity contribution < 1.29 is 0 Å². The second kappa shape index (κ2) is 6.61. The van der Waals surface area contributed by atoms with Crippen LogP contribution >= 0.6 is 15.9 Å². The van der Waals surface area contributed by atoms with Crippen LogP contribution in [0.4, 0.5) is 5.82 Å². The second-order valence-corrected chi connectivity index (χ2v) is 7.89. The summed E-state index contributed by atoms with van der Waals surface area (Å²) >= 11 is 3.55. The molecule has 1 saturated carbocycles. The van der Waals surface area contributed by atoms with Crippen molar-refractivity contribution in [1.29, 1.82) is 0 Å². The number of aromatic nitrogens is 3. The van der Waals surface area contributed by atoms with Crippen LogP contribution in [0.5, 0.6) is 0 Å². The van der Waals surface area contributed by atoms with Crippen LogP contribution in [-0.4, -0.2) is 63.4 Å². The van der Waals surface area contributed by atoms with E-state index in [9.17, 15) is 0 Å². The van der Waals surface area contributed by atoms with E-state index < -0.39 is 0 Å². The summed E-state index contributed by atoms with van der Waals surface area (Å²) < 4.78 is 2.93. The highest BCUT2D eigenvalue weighted by atomic mass is 79.9. The van der Waals surface area contributed by atoms with E-state index in [0.29, 0.717) is 11.7 Å². The number of anilines is 1. The first kappa shape index (κ1) is 16.3. The minimum atomic E-state index is 0.509. The number of rotatable bonds is 2. The maximum absolute atomic E-state index is 6.02. The lowest BCUT2D eigenvalue weighted by molar-refractivity contribution is 0.0872. The van der Waals surface area contributed by atoms with Crippen LogP contribution in [0.3, 0.4) is 0 Å². The number of nitrogen functional groups attached to an aromatic ring is 1. The molecule has 2 aromatic rings. The quantitative estimate of drug-likeness (QED) is 0.849. The number of halogens is 1. The Morgan fingerprint density at radius 3 is 2.54 bits per heavy atom. The summed E-state index contributed by atoms with van der Waals surface area (Å²) in [5.74, 6) is 2.17. The van der Waals surface area contributed by atoms with Crippen LogP contribution < -0.4 is 5.73 Å². The van der Waals surface area contributed by atoms with Crippen molar-refractivity contribution in [3.63, 3.8) is 0 Å². The summed E-state index contributed by atoms with van der Waals surface area (Å²) in [6.07, 6.45) is 8.67. The molecule has 24 heavy (non-hydrogen) atoms. The summed E-state index contributed by atoms with van der Waals surface area (Å²) in [5, 5.41) is 0. The molecule has 1 saturated heterocycles. The van der Waals surface area contributed by atoms with Gasteiger partial charge in [-0.25, -0.2) is 9.97 Å². The first-order valence-corrected chi connectivity index (χ1v) is 9.63. The first-order valence-electron chi connectivity index (χ1n) is 8.84. The summed E-state index contributed by atoms with van der Waals surface area (Å²) in [7, 11) is 2.22. The summed E-state index contributed by atoms with van der Waals surface area (Å²) in [4.78, 5) is 14.1. The Morgan fingerprint density at radius 2 is 1.83 bits per heavy atom. The molecule has 130 valence electrons. The van der Waals surface area contributed by atoms with Crippen LogP contribution in [0.25, 0.3) is 5.52 Å². The van der Waals surface area contributed by atoms with E-state index >= 15 is 0 Å². The van der Waals surface area contributed by atoms with E-state index in [4.69, 9.17) is 10.7 Å². The van der Waals surface area contributed by atoms with Crippen LogP contribution in [0.15, 0.2) is 17.0 Å². The molecular formula is C17H25BrN6. The lowest BCUT2D eigenvalue weighted by atomic mass is 9.84. The van der Waals surface area contributed by atoms with E-state index in [2.05, 4.69) is 42.2 Å². The van der Waals surface area contributed by atoms with Gasteiger partial charge in [-0.1, -0.05) is 0 Å². The molecule has 0 aromatic carbocycles. The molecule has 2 N–H and O–H groups in total. The van der Waals surface area contributed by atoms with Gasteiger partial charge >= 0.3 is 0 Å². The summed E-state index contributed by atoms with van der Waals surface area (Å²) in [5.41, 5.74) is 6.92. The molecule has 0 atom stereocenters. The fourth-order valence-corrected chi connectivity index (χ4v) is 4.79. The fraction of sp³-hybridized carbons (Fsp3) is 0.647. The maximum Gasteiger partial charge on any atom is 0.150 e. The molecule has 2 fully saturated rings. The Balaban J connectivity index is 1.47. The predicted molar refractivity (Wildman–Crippen MR) is 99.2 cm³/mol. The standard InChI is InChI=1S/C17H25BrN6/c1-22-8-10-23(11-9-22)13-4-2-12(3-5-13)17-21-15(18)14-16(19)20-6-7-24(14)17/h6-7,12-13H,2-5,8-11H2,1H3,(H2,19,20). The number of nitrogens with zero attached hydrogens (tertiary/aromatic N) is 5. The van der Waals surface area contributed by atoms with Crippen LogP contribution in [-0.2, 0) is 0 Å². The molecule has 1 aliphatic heterocycles. The summed E-state index contributed by atoms with van der Waals surface area (Å²) in [6.45, 7) is 4.83. The van der Waals surface area contributed by atoms with Gasteiger partial charge in [-0.3, -0.25) is 9.30 Å². The number of nitrogens with two attached hydrogens (primary N) is 1. The Morgan fingerprint density at radius 1 is 1.12 bits per heavy atom. The third-order valence-corrected chi connectivity index (χ3v) is 6.24. The van der Waals surface area contributed by atoms with E-state index in [0.717, 1.165) is 22.0 Å². The van der Waals surface area contributed by atoms with Gasteiger partial charge in [0.2, 0.25) is 0 Å². The topological polar surface area (TPSA) is 62.7 Å². The minimum Gasteiger partial charge on any atom is -0.382 e. The van der Waals surface area contributed by atoms with Crippen LogP contribution in [0, 0.1) is 0 Å². The number of piperazine rings is 1. The van der Waals surface area contributed by atoms with Crippen LogP contribution in [0.1, 0.15) is 37.4 Å². The van der Waals surface area contributed by atoms with Gasteiger partial charge in [0.15, 0.2) is 5.82 Å². The zero-order valence-electron chi connectivity index (χ0n) is 14.2. The van der Waals surface area contributed by atoms with Crippen molar-refractivity contribution in [3.05, 3.63) is 22.8 Å². The molecule has 3 heterocycles. The molecule has 6 nitrogen and oxygen atoms in total. The SMILES string of the molecule is CN1CCN(C2CCC(c3nc(Br)c4c(N)nccn34)CC2)CC1. The molecule has 4 rings (SSSR count). The molecule has 1 aliphatic carbocycles. The van der Waals surface area contributed by atoms with Gasteiger partial charge in [0.25, 0.3) is 0 Å². The molecule has 0 amide bonds. The first-order chi connectivity index (χ1) is 11.6. The predicted octanol–water partition coefficient (Wildman–Crippen LogP) is 2.35. The van der Waals surface area contributed by atoms with Gasteiger partial charge in [-0.15, -0.1) is 0 Å². The van der Waals surface area contributed by atoms with E-state index in [1.165, 1.54) is 51.9 Å². The highest BCUT2D eigenvalue weighted by Gasteiger charge is 2.30. The van der Waals surface area contributed by atoms with Gasteiger partial charge < -0.3 is 10.6 Å². The average Bonchev–Trinajstić information content (AvgIpc) is 2.94. The number of fused-ring (bicyclic) bond motifs is 1. The zero-order valence-corrected chi connectivity index (χ0v) is 15.7. The lowest BCUT2D eigenvalue weighted by Gasteiger charge is -2.41.